The number of likely N-dealkylation sites (tertiary alicyclic amines) is 1. The van der Waals surface area contributed by atoms with Crippen LogP contribution >= 0.6 is 0 Å². The van der Waals surface area contributed by atoms with Crippen molar-refractivity contribution in [1.82, 2.24) is 10.2 Å². The molecule has 172 valence electrons. The maximum absolute atomic E-state index is 13.2. The molecule has 0 aliphatic carbocycles. The molecule has 2 N–H and O–H groups in total. The van der Waals surface area contributed by atoms with Gasteiger partial charge < -0.3 is 25.2 Å². The lowest BCUT2D eigenvalue weighted by atomic mass is 9.91. The zero-order valence-electron chi connectivity index (χ0n) is 18.7. The highest BCUT2D eigenvalue weighted by Gasteiger charge is 2.43. The second-order valence-electron chi connectivity index (χ2n) is 8.86. The molecule has 1 spiro atoms. The van der Waals surface area contributed by atoms with Crippen molar-refractivity contribution < 1.29 is 19.1 Å². The van der Waals surface area contributed by atoms with Gasteiger partial charge in [0.25, 0.3) is 5.91 Å². The van der Waals surface area contributed by atoms with E-state index in [2.05, 4.69) is 10.6 Å². The van der Waals surface area contributed by atoms with Gasteiger partial charge in [-0.3, -0.25) is 14.4 Å². The number of anilines is 2. The van der Waals surface area contributed by atoms with E-state index in [1.807, 2.05) is 54.3 Å². The highest BCUT2D eigenvalue weighted by molar-refractivity contribution is 6.02. The van der Waals surface area contributed by atoms with Gasteiger partial charge >= 0.3 is 0 Å². The summed E-state index contributed by atoms with van der Waals surface area (Å²) in [4.78, 5) is 41.9. The number of hydrogen-bond donors (Lipinski definition) is 2. The highest BCUT2D eigenvalue weighted by Crippen LogP contribution is 2.33. The molecule has 33 heavy (non-hydrogen) atoms. The third-order valence-electron chi connectivity index (χ3n) is 6.76. The number of nitrogens with zero attached hydrogens (tertiary/aromatic N) is 2. The second kappa shape index (κ2) is 8.42. The highest BCUT2D eigenvalue weighted by atomic mass is 16.5. The molecule has 3 aliphatic heterocycles. The molecule has 0 radical (unpaired) electrons. The number of nitrogens with one attached hydrogen (secondary N) is 2. The second-order valence-corrected chi connectivity index (χ2v) is 8.86. The minimum absolute atomic E-state index is 0.00849. The Kier molecular flexibility index (Phi) is 5.44. The number of amides is 3. The molecule has 8 nitrogen and oxygen atoms in total. The van der Waals surface area contributed by atoms with Crippen LogP contribution in [-0.4, -0.2) is 54.5 Å². The zero-order chi connectivity index (χ0) is 23.0. The first-order valence-electron chi connectivity index (χ1n) is 11.5. The Balaban J connectivity index is 1.21. The summed E-state index contributed by atoms with van der Waals surface area (Å²) in [6.07, 6.45) is 1.44. The van der Waals surface area contributed by atoms with Gasteiger partial charge in [-0.25, -0.2) is 0 Å². The number of hydrogen-bond acceptors (Lipinski definition) is 5. The summed E-state index contributed by atoms with van der Waals surface area (Å²) < 4.78 is 5.47. The van der Waals surface area contributed by atoms with E-state index in [1.165, 1.54) is 0 Å². The maximum atomic E-state index is 13.2. The Morgan fingerprint density at radius 2 is 1.79 bits per heavy atom. The van der Waals surface area contributed by atoms with E-state index >= 15 is 0 Å². The normalized spacial score (nSPS) is 21.4. The van der Waals surface area contributed by atoms with E-state index in [0.717, 1.165) is 17.1 Å². The van der Waals surface area contributed by atoms with Gasteiger partial charge in [0.15, 0.2) is 0 Å². The van der Waals surface area contributed by atoms with Crippen molar-refractivity contribution in [3.05, 3.63) is 54.1 Å². The molecule has 2 saturated heterocycles. The number of piperidine rings is 1. The van der Waals surface area contributed by atoms with Crippen LogP contribution in [0.4, 0.5) is 11.4 Å². The van der Waals surface area contributed by atoms with Crippen molar-refractivity contribution in [2.75, 3.05) is 36.5 Å². The smallest absolute Gasteiger partial charge is 0.255 e. The van der Waals surface area contributed by atoms with Gasteiger partial charge in [0, 0.05) is 50.3 Å². The predicted octanol–water partition coefficient (Wildman–Crippen LogP) is 2.61. The summed E-state index contributed by atoms with van der Waals surface area (Å²) in [7, 11) is 0. The van der Waals surface area contributed by atoms with Crippen molar-refractivity contribution in [3.63, 3.8) is 0 Å². The third kappa shape index (κ3) is 4.01. The van der Waals surface area contributed by atoms with Crippen molar-refractivity contribution in [2.45, 2.75) is 31.8 Å². The van der Waals surface area contributed by atoms with E-state index in [9.17, 15) is 14.4 Å². The van der Waals surface area contributed by atoms with Crippen molar-refractivity contribution in [2.24, 2.45) is 5.92 Å². The van der Waals surface area contributed by atoms with Gasteiger partial charge in [-0.15, -0.1) is 0 Å². The molecule has 3 aliphatic rings. The summed E-state index contributed by atoms with van der Waals surface area (Å²) >= 11 is 0. The lowest BCUT2D eigenvalue weighted by molar-refractivity contribution is -0.137. The fourth-order valence-electron chi connectivity index (χ4n) is 4.99. The van der Waals surface area contributed by atoms with E-state index in [4.69, 9.17) is 4.74 Å². The van der Waals surface area contributed by atoms with Crippen LogP contribution < -0.4 is 20.3 Å². The first-order valence-corrected chi connectivity index (χ1v) is 11.5. The molecule has 2 fully saturated rings. The molecular weight excluding hydrogens is 420 g/mol. The third-order valence-corrected chi connectivity index (χ3v) is 6.76. The predicted molar refractivity (Wildman–Crippen MR) is 124 cm³/mol. The van der Waals surface area contributed by atoms with Crippen LogP contribution in [0.1, 0.15) is 36.5 Å². The Hall–Kier alpha value is -3.55. The molecule has 1 atom stereocenters. The van der Waals surface area contributed by atoms with Crippen molar-refractivity contribution in [3.8, 4) is 5.75 Å². The minimum atomic E-state index is -0.540. The quantitative estimate of drug-likeness (QED) is 0.750. The summed E-state index contributed by atoms with van der Waals surface area (Å²) in [5.41, 5.74) is 1.71. The molecule has 8 heteroatoms. The molecule has 2 aromatic rings. The number of carbonyl (C=O) groups is 3. The van der Waals surface area contributed by atoms with Gasteiger partial charge in [-0.05, 0) is 43.3 Å². The van der Waals surface area contributed by atoms with Crippen LogP contribution in [-0.2, 0) is 9.59 Å². The number of benzene rings is 2. The van der Waals surface area contributed by atoms with E-state index in [0.29, 0.717) is 44.6 Å². The summed E-state index contributed by atoms with van der Waals surface area (Å²) in [5, 5.41) is 6.58. The molecule has 0 unspecified atom stereocenters. The van der Waals surface area contributed by atoms with Crippen LogP contribution in [0.25, 0.3) is 0 Å². The molecule has 0 aromatic heterocycles. The molecule has 0 saturated carbocycles. The zero-order valence-corrected chi connectivity index (χ0v) is 18.7. The first kappa shape index (κ1) is 21.3. The summed E-state index contributed by atoms with van der Waals surface area (Å²) in [6.45, 7) is 3.95. The number of fused-ring (bicyclic) bond motifs is 1. The maximum Gasteiger partial charge on any atom is 0.255 e. The number of ether oxygens (including phenoxy) is 1. The summed E-state index contributed by atoms with van der Waals surface area (Å²) in [6, 6.07) is 14.9. The monoisotopic (exact) mass is 448 g/mol. The fraction of sp³-hybridized carbons (Fsp3) is 0.400. The van der Waals surface area contributed by atoms with Gasteiger partial charge in [-0.1, -0.05) is 12.1 Å². The Morgan fingerprint density at radius 3 is 2.52 bits per heavy atom. The Bertz CT molecular complexity index is 1080. The molecular formula is C25H28N4O4. The van der Waals surface area contributed by atoms with Gasteiger partial charge in [0.2, 0.25) is 11.8 Å². The molecule has 5 rings (SSSR count). The average molecular weight is 449 g/mol. The average Bonchev–Trinajstić information content (AvgIpc) is 3.21. The van der Waals surface area contributed by atoms with Crippen LogP contribution in [0.3, 0.4) is 0 Å². The topological polar surface area (TPSA) is 91.0 Å². The first-order chi connectivity index (χ1) is 16.0. The number of para-hydroxylation sites is 1. The van der Waals surface area contributed by atoms with Gasteiger partial charge in [0.05, 0.1) is 18.1 Å². The lowest BCUT2D eigenvalue weighted by Gasteiger charge is -2.46. The minimum Gasteiger partial charge on any atom is -0.494 e. The number of carbonyl (C=O) groups excluding carboxylic acids is 3. The van der Waals surface area contributed by atoms with Gasteiger partial charge in [0.1, 0.15) is 11.4 Å². The molecule has 0 bridgehead atoms. The van der Waals surface area contributed by atoms with Crippen molar-refractivity contribution in [1.29, 1.82) is 0 Å². The van der Waals surface area contributed by atoms with Gasteiger partial charge in [-0.2, -0.15) is 0 Å². The Labute approximate surface area is 192 Å². The van der Waals surface area contributed by atoms with Crippen LogP contribution in [0, 0.1) is 5.92 Å². The summed E-state index contributed by atoms with van der Waals surface area (Å²) in [5.74, 6) is 0.288. The SMILES string of the molecule is CCOc1ccc(N2C[C@@H](C(=O)N3CCC4(CC3)NC(=O)c3ccccc3N4)CC2=O)cc1. The largest absolute Gasteiger partial charge is 0.494 e. The van der Waals surface area contributed by atoms with Crippen LogP contribution in [0.15, 0.2) is 48.5 Å². The van der Waals surface area contributed by atoms with E-state index in [1.54, 1.807) is 11.0 Å². The Morgan fingerprint density at radius 1 is 1.06 bits per heavy atom. The molecule has 3 amide bonds. The lowest BCUT2D eigenvalue weighted by Crippen LogP contribution is -2.63. The standard InChI is InChI=1S/C25H28N4O4/c1-2-33-19-9-7-18(8-10-19)29-16-17(15-22(29)30)24(32)28-13-11-25(12-14-28)26-21-6-4-3-5-20(21)23(31)27-25/h3-10,17,26H,2,11-16H2,1H3,(H,27,31)/t17-/m0/s1. The van der Waals surface area contributed by atoms with Crippen molar-refractivity contribution >= 4 is 29.1 Å². The van der Waals surface area contributed by atoms with Crippen LogP contribution in [0.2, 0.25) is 0 Å². The number of rotatable bonds is 4. The van der Waals surface area contributed by atoms with E-state index < -0.39 is 5.66 Å². The van der Waals surface area contributed by atoms with E-state index in [-0.39, 0.29) is 30.1 Å². The van der Waals surface area contributed by atoms with Crippen LogP contribution in [0.5, 0.6) is 5.75 Å². The fourth-order valence-corrected chi connectivity index (χ4v) is 4.99. The molecule has 2 aromatic carbocycles. The molecule has 3 heterocycles.